The summed E-state index contributed by atoms with van der Waals surface area (Å²) >= 11 is 0. The van der Waals surface area contributed by atoms with E-state index in [0.717, 1.165) is 35.1 Å². The molecular weight excluding hydrogens is 322 g/mol. The van der Waals surface area contributed by atoms with E-state index in [-0.39, 0.29) is 4.90 Å². The van der Waals surface area contributed by atoms with Gasteiger partial charge in [-0.25, -0.2) is 17.2 Å². The van der Waals surface area contributed by atoms with Gasteiger partial charge in [0.05, 0.1) is 18.1 Å². The fourth-order valence-electron chi connectivity index (χ4n) is 2.53. The van der Waals surface area contributed by atoms with Crippen molar-refractivity contribution in [2.45, 2.75) is 4.90 Å². The van der Waals surface area contributed by atoms with Crippen molar-refractivity contribution in [1.29, 1.82) is 0 Å². The molecule has 0 radical (unpaired) electrons. The van der Waals surface area contributed by atoms with Gasteiger partial charge in [-0.1, -0.05) is 18.2 Å². The standard InChI is InChI=1S/C17H14F2O3S/c1-23(20,21)13-5-2-11(3-6-13)14-9-22-10-15(14)12-4-7-16(18)17(19)8-12/h2-8H,9-10H2,1H3. The third kappa shape index (κ3) is 3.18. The lowest BCUT2D eigenvalue weighted by atomic mass is 9.97. The summed E-state index contributed by atoms with van der Waals surface area (Å²) in [6.07, 6.45) is 1.15. The van der Waals surface area contributed by atoms with Crippen molar-refractivity contribution in [2.75, 3.05) is 19.5 Å². The number of rotatable bonds is 3. The predicted molar refractivity (Wildman–Crippen MR) is 83.5 cm³/mol. The Morgan fingerprint density at radius 2 is 1.43 bits per heavy atom. The third-order valence-electron chi connectivity index (χ3n) is 3.76. The fourth-order valence-corrected chi connectivity index (χ4v) is 3.16. The molecule has 0 amide bonds. The molecule has 0 aromatic heterocycles. The summed E-state index contributed by atoms with van der Waals surface area (Å²) in [7, 11) is -3.26. The largest absolute Gasteiger partial charge is 0.372 e. The van der Waals surface area contributed by atoms with Crippen molar-refractivity contribution in [3.05, 3.63) is 65.2 Å². The lowest BCUT2D eigenvalue weighted by Gasteiger charge is -2.08. The first kappa shape index (κ1) is 15.8. The molecule has 0 spiro atoms. The highest BCUT2D eigenvalue weighted by Gasteiger charge is 2.20. The summed E-state index contributed by atoms with van der Waals surface area (Å²) in [5.74, 6) is -1.80. The number of sulfone groups is 1. The van der Waals surface area contributed by atoms with Gasteiger partial charge in [-0.3, -0.25) is 0 Å². The first-order chi connectivity index (χ1) is 10.9. The first-order valence-electron chi connectivity index (χ1n) is 6.92. The van der Waals surface area contributed by atoms with Crippen LogP contribution in [-0.4, -0.2) is 27.9 Å². The second kappa shape index (κ2) is 5.86. The maximum absolute atomic E-state index is 13.4. The highest BCUT2D eigenvalue weighted by Crippen LogP contribution is 2.32. The number of ether oxygens (including phenoxy) is 1. The van der Waals surface area contributed by atoms with Gasteiger partial charge in [-0.2, -0.15) is 0 Å². The van der Waals surface area contributed by atoms with Gasteiger partial charge in [-0.05, 0) is 46.5 Å². The SMILES string of the molecule is CS(=O)(=O)c1ccc(C2=C(c3ccc(F)c(F)c3)COC2)cc1. The summed E-state index contributed by atoms with van der Waals surface area (Å²) in [6, 6.07) is 10.2. The molecular formula is C17H14F2O3S. The Bertz CT molecular complexity index is 885. The molecule has 1 heterocycles. The average molecular weight is 336 g/mol. The van der Waals surface area contributed by atoms with Crippen LogP contribution in [0.2, 0.25) is 0 Å². The molecule has 23 heavy (non-hydrogen) atoms. The predicted octanol–water partition coefficient (Wildman–Crippen LogP) is 3.31. The number of benzene rings is 2. The van der Waals surface area contributed by atoms with Gasteiger partial charge in [0.25, 0.3) is 0 Å². The van der Waals surface area contributed by atoms with Crippen LogP contribution in [0.4, 0.5) is 8.78 Å². The monoisotopic (exact) mass is 336 g/mol. The van der Waals surface area contributed by atoms with Crippen LogP contribution in [0, 0.1) is 11.6 Å². The van der Waals surface area contributed by atoms with Gasteiger partial charge in [0.15, 0.2) is 21.5 Å². The van der Waals surface area contributed by atoms with Gasteiger partial charge in [0.1, 0.15) is 0 Å². The third-order valence-corrected chi connectivity index (χ3v) is 4.88. The summed E-state index contributed by atoms with van der Waals surface area (Å²) in [5, 5.41) is 0. The molecule has 120 valence electrons. The summed E-state index contributed by atoms with van der Waals surface area (Å²) in [5.41, 5.74) is 2.98. The molecule has 0 fully saturated rings. The Hall–Kier alpha value is -2.05. The molecule has 0 N–H and O–H groups in total. The summed E-state index contributed by atoms with van der Waals surface area (Å²) in [6.45, 7) is 0.640. The molecule has 1 aliphatic heterocycles. The molecule has 2 aromatic carbocycles. The molecule has 6 heteroatoms. The van der Waals surface area contributed by atoms with E-state index in [0.29, 0.717) is 18.8 Å². The van der Waals surface area contributed by atoms with E-state index in [1.807, 2.05) is 0 Å². The second-order valence-electron chi connectivity index (χ2n) is 5.38. The molecule has 0 aliphatic carbocycles. The average Bonchev–Trinajstić information content (AvgIpc) is 2.99. The van der Waals surface area contributed by atoms with Crippen molar-refractivity contribution in [1.82, 2.24) is 0 Å². The van der Waals surface area contributed by atoms with Gasteiger partial charge in [-0.15, -0.1) is 0 Å². The van der Waals surface area contributed by atoms with Crippen LogP contribution in [-0.2, 0) is 14.6 Å². The number of hydrogen-bond acceptors (Lipinski definition) is 3. The minimum atomic E-state index is -3.26. The van der Waals surface area contributed by atoms with E-state index in [4.69, 9.17) is 4.74 Å². The lowest BCUT2D eigenvalue weighted by molar-refractivity contribution is 0.219. The molecule has 1 aliphatic rings. The molecule has 2 aromatic rings. The van der Waals surface area contributed by atoms with Gasteiger partial charge in [0.2, 0.25) is 0 Å². The van der Waals surface area contributed by atoms with Crippen LogP contribution < -0.4 is 0 Å². The quantitative estimate of drug-likeness (QED) is 0.864. The highest BCUT2D eigenvalue weighted by molar-refractivity contribution is 7.90. The summed E-state index contributed by atoms with van der Waals surface area (Å²) < 4.78 is 55.0. The Kier molecular flexibility index (Phi) is 4.04. The Morgan fingerprint density at radius 1 is 0.870 bits per heavy atom. The zero-order valence-electron chi connectivity index (χ0n) is 12.3. The number of halogens is 2. The zero-order chi connectivity index (χ0) is 16.6. The zero-order valence-corrected chi connectivity index (χ0v) is 13.2. The highest BCUT2D eigenvalue weighted by atomic mass is 32.2. The fraction of sp³-hybridized carbons (Fsp3) is 0.176. The van der Waals surface area contributed by atoms with Crippen molar-refractivity contribution >= 4 is 21.0 Å². The molecule has 0 saturated carbocycles. The van der Waals surface area contributed by atoms with Crippen LogP contribution in [0.15, 0.2) is 47.4 Å². The maximum atomic E-state index is 13.4. The van der Waals surface area contributed by atoms with Crippen LogP contribution in [0.5, 0.6) is 0 Å². The Morgan fingerprint density at radius 3 is 2.00 bits per heavy atom. The van der Waals surface area contributed by atoms with E-state index >= 15 is 0 Å². The maximum Gasteiger partial charge on any atom is 0.175 e. The van der Waals surface area contributed by atoms with Gasteiger partial charge < -0.3 is 4.74 Å². The van der Waals surface area contributed by atoms with Gasteiger partial charge >= 0.3 is 0 Å². The van der Waals surface area contributed by atoms with Crippen molar-refractivity contribution in [2.24, 2.45) is 0 Å². The van der Waals surface area contributed by atoms with E-state index in [2.05, 4.69) is 0 Å². The molecule has 0 atom stereocenters. The molecule has 3 rings (SSSR count). The van der Waals surface area contributed by atoms with Crippen LogP contribution >= 0.6 is 0 Å². The van der Waals surface area contributed by atoms with Crippen LogP contribution in [0.3, 0.4) is 0 Å². The minimum absolute atomic E-state index is 0.232. The lowest BCUT2D eigenvalue weighted by Crippen LogP contribution is -1.97. The summed E-state index contributed by atoms with van der Waals surface area (Å²) in [4.78, 5) is 0.232. The van der Waals surface area contributed by atoms with Crippen LogP contribution in [0.25, 0.3) is 11.1 Å². The van der Waals surface area contributed by atoms with E-state index < -0.39 is 21.5 Å². The number of hydrogen-bond donors (Lipinski definition) is 0. The molecule has 0 saturated heterocycles. The van der Waals surface area contributed by atoms with Crippen LogP contribution in [0.1, 0.15) is 11.1 Å². The molecule has 0 unspecified atom stereocenters. The smallest absolute Gasteiger partial charge is 0.175 e. The second-order valence-corrected chi connectivity index (χ2v) is 7.39. The van der Waals surface area contributed by atoms with Crippen molar-refractivity contribution in [3.8, 4) is 0 Å². The molecule has 3 nitrogen and oxygen atoms in total. The van der Waals surface area contributed by atoms with Crippen molar-refractivity contribution in [3.63, 3.8) is 0 Å². The first-order valence-corrected chi connectivity index (χ1v) is 8.81. The topological polar surface area (TPSA) is 43.4 Å². The Balaban J connectivity index is 2.04. The van der Waals surface area contributed by atoms with Crippen molar-refractivity contribution < 1.29 is 21.9 Å². The Labute approximate surface area is 133 Å². The van der Waals surface area contributed by atoms with Gasteiger partial charge in [0, 0.05) is 6.26 Å². The van der Waals surface area contributed by atoms with E-state index in [1.54, 1.807) is 12.1 Å². The molecule has 0 bridgehead atoms. The van der Waals surface area contributed by atoms with E-state index in [9.17, 15) is 17.2 Å². The van der Waals surface area contributed by atoms with E-state index in [1.165, 1.54) is 18.2 Å². The minimum Gasteiger partial charge on any atom is -0.372 e. The normalized spacial score (nSPS) is 15.3.